The summed E-state index contributed by atoms with van der Waals surface area (Å²) in [6.07, 6.45) is 15.7. The predicted molar refractivity (Wildman–Crippen MR) is 269 cm³/mol. The molecule has 0 atom stereocenters. The van der Waals surface area contributed by atoms with E-state index in [1.54, 1.807) is 0 Å². The van der Waals surface area contributed by atoms with Crippen molar-refractivity contribution in [1.29, 1.82) is 0 Å². The van der Waals surface area contributed by atoms with E-state index in [0.29, 0.717) is 10.3 Å². The maximum atomic E-state index is 5.11. The first-order chi connectivity index (χ1) is 29.9. The minimum Gasteiger partial charge on any atom is -1.00 e. The fourth-order valence-corrected chi connectivity index (χ4v) is 10.1. The van der Waals surface area contributed by atoms with E-state index in [2.05, 4.69) is 133 Å². The number of halogens is 1. The first-order valence-electron chi connectivity index (χ1n) is 19.0. The zero-order chi connectivity index (χ0) is 42.2. The second-order valence-corrected chi connectivity index (χ2v) is 17.9. The molecular weight excluding hydrogens is 1040 g/mol. The standard InChI is InChI=1S/C18H15P.2C15H12N4S2.ClH.Fe.Ru/c1-4-10-16(11-5-1)19(17-12-6-2-7-13-17)18-14-8-3-9-15-18;2*1-10(11-6-2-3-7-11)18-19-14(20)17-15-16-12-8-4-5-9-13(12)21-15;;;/h1-15H;2*2-9H,1H3,(H-,16,17,19,20);1H;;/q;2*-1;;+2;+3/p-3/b;2*18-10-;;;. The molecule has 8 nitrogen and oxygen atoms in total. The van der Waals surface area contributed by atoms with Crippen LogP contribution in [0.2, 0.25) is 0 Å². The number of hydrogen-bond donors (Lipinski definition) is 0. The molecule has 2 aliphatic carbocycles. The first kappa shape index (κ1) is 53.1. The van der Waals surface area contributed by atoms with Gasteiger partial charge < -0.3 is 44.1 Å². The van der Waals surface area contributed by atoms with E-state index in [9.17, 15) is 0 Å². The van der Waals surface area contributed by atoms with E-state index in [0.717, 1.165) is 43.7 Å². The average molecular weight is 1080 g/mol. The largest absolute Gasteiger partial charge is 3.00 e. The van der Waals surface area contributed by atoms with Crippen LogP contribution in [-0.2, 0) is 36.5 Å². The molecule has 321 valence electrons. The number of para-hydroxylation sites is 2. The van der Waals surface area contributed by atoms with Crippen LogP contribution in [0.15, 0.2) is 150 Å². The Morgan fingerprint density at radius 3 is 1.14 bits per heavy atom. The van der Waals surface area contributed by atoms with Gasteiger partial charge in [0.15, 0.2) is 0 Å². The van der Waals surface area contributed by atoms with Crippen LogP contribution in [0.3, 0.4) is 0 Å². The van der Waals surface area contributed by atoms with Crippen molar-refractivity contribution >= 4 is 123 Å². The van der Waals surface area contributed by atoms with E-state index in [1.165, 1.54) is 38.6 Å². The monoisotopic (exact) mass is 1080 g/mol. The molecule has 0 unspecified atom stereocenters. The van der Waals surface area contributed by atoms with Gasteiger partial charge in [0, 0.05) is 22.1 Å². The molecule has 2 fully saturated rings. The van der Waals surface area contributed by atoms with Gasteiger partial charge in [-0.05, 0) is 125 Å². The van der Waals surface area contributed by atoms with Gasteiger partial charge in [0.05, 0.1) is 20.4 Å². The van der Waals surface area contributed by atoms with Crippen LogP contribution in [0, 0.1) is 63.2 Å². The normalized spacial score (nSPS) is 13.9. The van der Waals surface area contributed by atoms with Crippen LogP contribution < -0.4 is 28.3 Å². The molecule has 0 aliphatic heterocycles. The SMILES string of the molecule is C/C(=N/[N-]C(=S)[N-]c1nc2ccccc2s1)[C]1[CH][CH][CH][CH]1.C/C(=N/[N-]C(=S)[N-]c1nc2ccccc2s1)[C]1[CH][CH][CH][CH]1.[Cl-].[Fe+2].[Ru+3].c1ccc(P(c2ccccc2)c2ccccc2)cc1. The summed E-state index contributed by atoms with van der Waals surface area (Å²) in [5, 5.41) is 22.4. The fraction of sp³-hybridized carbons (Fsp3) is 0.0417. The Labute approximate surface area is 426 Å². The molecular formula is C48H37ClFeN8PRuS4. The number of thiazole rings is 2. The zero-order valence-electron chi connectivity index (χ0n) is 34.1. The Hall–Kier alpha value is -3.54. The summed E-state index contributed by atoms with van der Waals surface area (Å²) < 4.78 is 2.16. The van der Waals surface area contributed by atoms with Crippen molar-refractivity contribution in [3.63, 3.8) is 0 Å². The van der Waals surface area contributed by atoms with Crippen LogP contribution >= 0.6 is 55.0 Å². The van der Waals surface area contributed by atoms with Gasteiger partial charge in [-0.3, -0.25) is 9.97 Å². The molecule has 2 saturated carbocycles. The van der Waals surface area contributed by atoms with Crippen molar-refractivity contribution < 1.29 is 49.0 Å². The average Bonchev–Trinajstić information content (AvgIpc) is 4.14. The number of nitrogens with zero attached hydrogens (tertiary/aromatic N) is 8. The minimum atomic E-state index is -0.446. The summed E-state index contributed by atoms with van der Waals surface area (Å²) in [5.74, 6) is 2.06. The summed E-state index contributed by atoms with van der Waals surface area (Å²) in [6, 6.07) is 48.1. The maximum absolute atomic E-state index is 5.11. The molecule has 16 heteroatoms. The molecule has 2 aliphatic rings. The van der Waals surface area contributed by atoms with E-state index in [1.807, 2.05) is 114 Å². The molecule has 0 bridgehead atoms. The van der Waals surface area contributed by atoms with E-state index < -0.39 is 7.92 Å². The second-order valence-electron chi connectivity index (χ2n) is 13.0. The van der Waals surface area contributed by atoms with Crippen LogP contribution in [0.5, 0.6) is 0 Å². The van der Waals surface area contributed by atoms with Crippen molar-refractivity contribution in [3.8, 4) is 0 Å². The fourth-order valence-electron chi connectivity index (χ4n) is 5.78. The van der Waals surface area contributed by atoms with Gasteiger partial charge >= 0.3 is 36.5 Å². The van der Waals surface area contributed by atoms with Crippen molar-refractivity contribution in [1.82, 2.24) is 9.97 Å². The minimum absolute atomic E-state index is 0. The third-order valence-corrected chi connectivity index (χ3v) is 13.4. The molecule has 9 rings (SSSR count). The van der Waals surface area contributed by atoms with Gasteiger partial charge in [-0.1, -0.05) is 115 Å². The van der Waals surface area contributed by atoms with Gasteiger partial charge in [-0.2, -0.15) is 10.2 Å². The van der Waals surface area contributed by atoms with E-state index in [4.69, 9.17) is 24.4 Å². The molecule has 7 aromatic rings. The molecule has 0 N–H and O–H groups in total. The Bertz CT molecular complexity index is 2270. The number of hydrogen-bond acceptors (Lipinski definition) is 8. The van der Waals surface area contributed by atoms with Crippen molar-refractivity contribution in [2.24, 2.45) is 10.2 Å². The third-order valence-electron chi connectivity index (χ3n) is 8.72. The maximum Gasteiger partial charge on any atom is 3.00 e. The van der Waals surface area contributed by atoms with Gasteiger partial charge in [0.25, 0.3) is 0 Å². The van der Waals surface area contributed by atoms with Crippen molar-refractivity contribution in [2.75, 3.05) is 0 Å². The smallest absolute Gasteiger partial charge is 1.00 e. The number of rotatable bonds is 9. The van der Waals surface area contributed by atoms with E-state index >= 15 is 0 Å². The van der Waals surface area contributed by atoms with Gasteiger partial charge in [0.1, 0.15) is 0 Å². The third kappa shape index (κ3) is 15.8. The zero-order valence-corrected chi connectivity index (χ0v) is 41.9. The number of thiocarbonyl (C=S) groups is 2. The first-order valence-corrected chi connectivity index (χ1v) is 22.8. The van der Waals surface area contributed by atoms with Crippen LogP contribution in [0.4, 0.5) is 10.3 Å². The molecule has 0 amide bonds. The topological polar surface area (TPSA) is 107 Å². The second kappa shape index (κ2) is 27.8. The van der Waals surface area contributed by atoms with Gasteiger partial charge in [0.2, 0.25) is 0 Å². The van der Waals surface area contributed by atoms with Crippen LogP contribution in [0.1, 0.15) is 13.8 Å². The number of fused-ring (bicyclic) bond motifs is 2. The molecule has 11 radical (unpaired) electrons. The Kier molecular flexibility index (Phi) is 23.1. The summed E-state index contributed by atoms with van der Waals surface area (Å²) in [4.78, 5) is 8.77. The molecule has 5 aromatic carbocycles. The molecule has 0 spiro atoms. The Morgan fingerprint density at radius 1 is 0.500 bits per heavy atom. The Morgan fingerprint density at radius 2 is 0.812 bits per heavy atom. The van der Waals surface area contributed by atoms with Gasteiger partial charge in [-0.15, -0.1) is 47.1 Å². The molecule has 0 saturated heterocycles. The predicted octanol–water partition coefficient (Wildman–Crippen LogP) is 9.93. The van der Waals surface area contributed by atoms with Gasteiger partial charge in [-0.25, -0.2) is 0 Å². The van der Waals surface area contributed by atoms with Crippen molar-refractivity contribution in [3.05, 3.63) is 224 Å². The quantitative estimate of drug-likeness (QED) is 0.0472. The number of benzene rings is 5. The molecule has 2 aromatic heterocycles. The Balaban J connectivity index is 0.000000206. The summed E-state index contributed by atoms with van der Waals surface area (Å²) in [5.41, 5.74) is 11.4. The van der Waals surface area contributed by atoms with E-state index in [-0.39, 0.29) is 59.2 Å². The van der Waals surface area contributed by atoms with Crippen LogP contribution in [0.25, 0.3) is 41.9 Å². The molecule has 64 heavy (non-hydrogen) atoms. The number of aromatic nitrogens is 2. The summed E-state index contributed by atoms with van der Waals surface area (Å²) in [7, 11) is -0.446. The molecule has 2 heterocycles. The van der Waals surface area contributed by atoms with Crippen molar-refractivity contribution in [2.45, 2.75) is 13.8 Å². The summed E-state index contributed by atoms with van der Waals surface area (Å²) in [6.45, 7) is 3.78. The van der Waals surface area contributed by atoms with Crippen LogP contribution in [-0.4, -0.2) is 31.6 Å². The summed E-state index contributed by atoms with van der Waals surface area (Å²) >= 11 is 13.2.